The van der Waals surface area contributed by atoms with Gasteiger partial charge in [-0.1, -0.05) is 24.6 Å². The Kier molecular flexibility index (Phi) is 6.49. The highest BCUT2D eigenvalue weighted by atomic mass is 32.1. The van der Waals surface area contributed by atoms with Gasteiger partial charge in [0.1, 0.15) is 0 Å². The molecule has 0 aliphatic carbocycles. The lowest BCUT2D eigenvalue weighted by Gasteiger charge is -2.39. The Morgan fingerprint density at radius 3 is 2.63 bits per heavy atom. The number of thiazole rings is 1. The van der Waals surface area contributed by atoms with Crippen LogP contribution in [0.4, 0.5) is 5.13 Å². The SMILES string of the molecule is CC1(C(=O)Nc2nc(CN3CCCCC3)cs2)CCCN(C(=O)c2ccccc2)C1. The second kappa shape index (κ2) is 9.27. The van der Waals surface area contributed by atoms with E-state index in [2.05, 4.69) is 15.2 Å². The van der Waals surface area contributed by atoms with Crippen molar-refractivity contribution in [2.75, 3.05) is 31.5 Å². The number of carbonyl (C=O) groups excluding carboxylic acids is 2. The molecule has 1 aromatic heterocycles. The Balaban J connectivity index is 1.37. The van der Waals surface area contributed by atoms with Crippen LogP contribution in [-0.2, 0) is 11.3 Å². The van der Waals surface area contributed by atoms with Crippen LogP contribution in [0.25, 0.3) is 0 Å². The highest BCUT2D eigenvalue weighted by molar-refractivity contribution is 7.13. The normalized spacial score (nSPS) is 22.6. The van der Waals surface area contributed by atoms with Crippen molar-refractivity contribution in [2.24, 2.45) is 5.41 Å². The van der Waals surface area contributed by atoms with Gasteiger partial charge in [0, 0.05) is 30.6 Å². The van der Waals surface area contributed by atoms with Crippen LogP contribution in [0, 0.1) is 5.41 Å². The molecule has 30 heavy (non-hydrogen) atoms. The lowest BCUT2D eigenvalue weighted by molar-refractivity contribution is -0.127. The van der Waals surface area contributed by atoms with E-state index in [1.54, 1.807) is 0 Å². The molecule has 2 amide bonds. The molecular formula is C23H30N4O2S. The van der Waals surface area contributed by atoms with Crippen molar-refractivity contribution in [1.29, 1.82) is 0 Å². The number of rotatable bonds is 5. The Morgan fingerprint density at radius 2 is 1.87 bits per heavy atom. The molecule has 4 rings (SSSR count). The number of carbonyl (C=O) groups is 2. The first-order valence-corrected chi connectivity index (χ1v) is 11.7. The second-order valence-electron chi connectivity index (χ2n) is 8.69. The van der Waals surface area contributed by atoms with Crippen LogP contribution in [0.15, 0.2) is 35.7 Å². The number of amides is 2. The molecule has 1 N–H and O–H groups in total. The maximum absolute atomic E-state index is 13.1. The van der Waals surface area contributed by atoms with Crippen molar-refractivity contribution in [3.8, 4) is 0 Å². The molecule has 0 saturated carbocycles. The zero-order valence-corrected chi connectivity index (χ0v) is 18.4. The van der Waals surface area contributed by atoms with Gasteiger partial charge in [-0.05, 0) is 57.8 Å². The molecule has 2 saturated heterocycles. The minimum Gasteiger partial charge on any atom is -0.338 e. The van der Waals surface area contributed by atoms with E-state index in [1.807, 2.05) is 47.5 Å². The van der Waals surface area contributed by atoms with E-state index in [9.17, 15) is 9.59 Å². The van der Waals surface area contributed by atoms with Crippen molar-refractivity contribution >= 4 is 28.3 Å². The van der Waals surface area contributed by atoms with Crippen LogP contribution in [0.5, 0.6) is 0 Å². The smallest absolute Gasteiger partial charge is 0.253 e. The molecular weight excluding hydrogens is 396 g/mol. The highest BCUT2D eigenvalue weighted by Gasteiger charge is 2.39. The Labute approximate surface area is 182 Å². The summed E-state index contributed by atoms with van der Waals surface area (Å²) in [5.41, 5.74) is 1.08. The predicted molar refractivity (Wildman–Crippen MR) is 120 cm³/mol. The molecule has 1 atom stereocenters. The van der Waals surface area contributed by atoms with Gasteiger partial charge in [0.25, 0.3) is 5.91 Å². The van der Waals surface area contributed by atoms with Gasteiger partial charge in [-0.2, -0.15) is 0 Å². The summed E-state index contributed by atoms with van der Waals surface area (Å²) in [5.74, 6) is -0.0562. The Morgan fingerprint density at radius 1 is 1.10 bits per heavy atom. The minimum atomic E-state index is -0.610. The molecule has 160 valence electrons. The van der Waals surface area contributed by atoms with Gasteiger partial charge in [-0.3, -0.25) is 14.5 Å². The third-order valence-corrected chi connectivity index (χ3v) is 6.97. The fourth-order valence-corrected chi connectivity index (χ4v) is 5.09. The molecule has 0 bridgehead atoms. The highest BCUT2D eigenvalue weighted by Crippen LogP contribution is 2.32. The summed E-state index contributed by atoms with van der Waals surface area (Å²) >= 11 is 1.48. The number of hydrogen-bond donors (Lipinski definition) is 1. The molecule has 2 aliphatic heterocycles. The molecule has 6 nitrogen and oxygen atoms in total. The summed E-state index contributed by atoms with van der Waals surface area (Å²) in [6.45, 7) is 6.18. The average molecular weight is 427 g/mol. The van der Waals surface area contributed by atoms with E-state index >= 15 is 0 Å². The standard InChI is InChI=1S/C23H30N4O2S/c1-23(11-8-14-27(17-23)20(28)18-9-4-2-5-10-18)21(29)25-22-24-19(16-30-22)15-26-12-6-3-7-13-26/h2,4-5,9-10,16H,3,6-8,11-15,17H2,1H3,(H,24,25,29). The van der Waals surface area contributed by atoms with Gasteiger partial charge in [0.15, 0.2) is 5.13 Å². The molecule has 1 aromatic carbocycles. The van der Waals surface area contributed by atoms with E-state index < -0.39 is 5.41 Å². The maximum atomic E-state index is 13.1. The molecule has 1 unspecified atom stereocenters. The average Bonchev–Trinajstić information content (AvgIpc) is 3.21. The summed E-state index contributed by atoms with van der Waals surface area (Å²) in [6, 6.07) is 9.29. The maximum Gasteiger partial charge on any atom is 0.253 e. The first kappa shape index (κ1) is 21.0. The van der Waals surface area contributed by atoms with E-state index in [-0.39, 0.29) is 11.8 Å². The summed E-state index contributed by atoms with van der Waals surface area (Å²) in [4.78, 5) is 34.8. The number of nitrogens with zero attached hydrogens (tertiary/aromatic N) is 3. The van der Waals surface area contributed by atoms with Gasteiger partial charge in [-0.15, -0.1) is 11.3 Å². The van der Waals surface area contributed by atoms with Gasteiger partial charge >= 0.3 is 0 Å². The zero-order chi connectivity index (χ0) is 21.0. The third kappa shape index (κ3) is 4.90. The van der Waals surface area contributed by atoms with Crippen molar-refractivity contribution in [1.82, 2.24) is 14.8 Å². The van der Waals surface area contributed by atoms with E-state index in [1.165, 1.54) is 30.6 Å². The lowest BCUT2D eigenvalue weighted by Crippen LogP contribution is -2.50. The molecule has 2 aliphatic rings. The Bertz CT molecular complexity index is 878. The first-order valence-electron chi connectivity index (χ1n) is 10.9. The van der Waals surface area contributed by atoms with Crippen LogP contribution in [0.2, 0.25) is 0 Å². The molecule has 0 radical (unpaired) electrons. The van der Waals surface area contributed by atoms with Crippen LogP contribution >= 0.6 is 11.3 Å². The number of hydrogen-bond acceptors (Lipinski definition) is 5. The first-order chi connectivity index (χ1) is 14.5. The van der Waals surface area contributed by atoms with Crippen molar-refractivity contribution in [2.45, 2.75) is 45.6 Å². The zero-order valence-electron chi connectivity index (χ0n) is 17.6. The molecule has 2 fully saturated rings. The van der Waals surface area contributed by atoms with Crippen LogP contribution in [0.3, 0.4) is 0 Å². The topological polar surface area (TPSA) is 65.5 Å². The van der Waals surface area contributed by atoms with Crippen LogP contribution < -0.4 is 5.32 Å². The van der Waals surface area contributed by atoms with Gasteiger partial charge in [-0.25, -0.2) is 4.98 Å². The number of benzene rings is 1. The van der Waals surface area contributed by atoms with Gasteiger partial charge in [0.2, 0.25) is 5.91 Å². The molecule has 3 heterocycles. The van der Waals surface area contributed by atoms with Crippen molar-refractivity contribution in [3.05, 3.63) is 47.0 Å². The fraction of sp³-hybridized carbons (Fsp3) is 0.522. The van der Waals surface area contributed by atoms with E-state index in [0.717, 1.165) is 38.2 Å². The number of aromatic nitrogens is 1. The van der Waals surface area contributed by atoms with Crippen molar-refractivity contribution in [3.63, 3.8) is 0 Å². The third-order valence-electron chi connectivity index (χ3n) is 6.16. The van der Waals surface area contributed by atoms with E-state index in [0.29, 0.717) is 23.8 Å². The van der Waals surface area contributed by atoms with Crippen molar-refractivity contribution < 1.29 is 9.59 Å². The summed E-state index contributed by atoms with van der Waals surface area (Å²) < 4.78 is 0. The molecule has 0 spiro atoms. The minimum absolute atomic E-state index is 0.00705. The largest absolute Gasteiger partial charge is 0.338 e. The second-order valence-corrected chi connectivity index (χ2v) is 9.55. The lowest BCUT2D eigenvalue weighted by atomic mass is 9.80. The monoisotopic (exact) mass is 426 g/mol. The summed E-state index contributed by atoms with van der Waals surface area (Å²) in [6.07, 6.45) is 5.41. The Hall–Kier alpha value is -2.25. The van der Waals surface area contributed by atoms with Crippen LogP contribution in [0.1, 0.15) is 55.1 Å². The quantitative estimate of drug-likeness (QED) is 0.785. The van der Waals surface area contributed by atoms with Crippen LogP contribution in [-0.4, -0.2) is 52.8 Å². The predicted octanol–water partition coefficient (Wildman–Crippen LogP) is 4.01. The number of likely N-dealkylation sites (tertiary alicyclic amines) is 2. The summed E-state index contributed by atoms with van der Waals surface area (Å²) in [7, 11) is 0. The van der Waals surface area contributed by atoms with Gasteiger partial charge < -0.3 is 10.2 Å². The van der Waals surface area contributed by atoms with Gasteiger partial charge in [0.05, 0.1) is 11.1 Å². The molecule has 2 aromatic rings. The number of nitrogens with one attached hydrogen (secondary N) is 1. The summed E-state index contributed by atoms with van der Waals surface area (Å²) in [5, 5.41) is 5.71. The van der Waals surface area contributed by atoms with E-state index in [4.69, 9.17) is 0 Å². The molecule has 7 heteroatoms. The number of piperidine rings is 2. The number of anilines is 1. The fourth-order valence-electron chi connectivity index (χ4n) is 4.39.